The zero-order valence-electron chi connectivity index (χ0n) is 11.4. The van der Waals surface area contributed by atoms with Crippen molar-refractivity contribution in [3.8, 4) is 0 Å². The van der Waals surface area contributed by atoms with Crippen molar-refractivity contribution in [1.29, 1.82) is 0 Å². The van der Waals surface area contributed by atoms with Crippen LogP contribution < -0.4 is 0 Å². The van der Waals surface area contributed by atoms with Crippen molar-refractivity contribution >= 4 is 37.3 Å². The maximum atomic E-state index is 12.8. The molecule has 0 aliphatic heterocycles. The third-order valence-corrected chi connectivity index (χ3v) is 6.96. The highest BCUT2D eigenvalue weighted by Crippen LogP contribution is 2.32. The van der Waals surface area contributed by atoms with Crippen molar-refractivity contribution in [2.24, 2.45) is 0 Å². The molecule has 1 aromatic heterocycles. The van der Waals surface area contributed by atoms with Crippen LogP contribution in [0.1, 0.15) is 17.7 Å². The van der Waals surface area contributed by atoms with E-state index in [0.29, 0.717) is 11.4 Å². The maximum absolute atomic E-state index is 12.8. The second-order valence-corrected chi connectivity index (χ2v) is 8.97. The molecule has 3 rings (SSSR count). The van der Waals surface area contributed by atoms with Crippen LogP contribution in [-0.2, 0) is 16.4 Å². The van der Waals surface area contributed by atoms with Crippen molar-refractivity contribution < 1.29 is 8.42 Å². The Morgan fingerprint density at radius 2 is 1.90 bits per heavy atom. The number of benzene rings is 1. The van der Waals surface area contributed by atoms with Gasteiger partial charge in [-0.25, -0.2) is 8.42 Å². The smallest absolute Gasteiger partial charge is 0.207 e. The Morgan fingerprint density at radius 3 is 2.48 bits per heavy atom. The summed E-state index contributed by atoms with van der Waals surface area (Å²) in [5, 5.41) is 2.03. The van der Waals surface area contributed by atoms with E-state index in [1.54, 1.807) is 39.9 Å². The Labute approximate surface area is 137 Å². The Bertz CT molecular complexity index is 692. The van der Waals surface area contributed by atoms with Gasteiger partial charge in [-0.15, -0.1) is 11.3 Å². The lowest BCUT2D eigenvalue weighted by atomic mass is 10.3. The summed E-state index contributed by atoms with van der Waals surface area (Å²) in [5.74, 6) is 0. The van der Waals surface area contributed by atoms with E-state index in [1.807, 2.05) is 11.4 Å². The minimum atomic E-state index is -3.39. The normalized spacial score (nSPS) is 15.5. The van der Waals surface area contributed by atoms with Crippen LogP contribution >= 0.6 is 27.3 Å². The van der Waals surface area contributed by atoms with E-state index < -0.39 is 10.0 Å². The van der Waals surface area contributed by atoms with E-state index in [4.69, 9.17) is 0 Å². The zero-order valence-corrected chi connectivity index (χ0v) is 14.6. The summed E-state index contributed by atoms with van der Waals surface area (Å²) in [6, 6.07) is 11.1. The molecule has 21 heavy (non-hydrogen) atoms. The van der Waals surface area contributed by atoms with Gasteiger partial charge in [-0.2, -0.15) is 4.31 Å². The molecule has 2 aromatic rings. The molecule has 0 atom stereocenters. The van der Waals surface area contributed by atoms with Crippen LogP contribution in [0.15, 0.2) is 51.1 Å². The molecule has 6 heteroatoms. The maximum Gasteiger partial charge on any atom is 0.243 e. The number of hydrogen-bond acceptors (Lipinski definition) is 3. The third-order valence-electron chi connectivity index (χ3n) is 3.53. The predicted molar refractivity (Wildman–Crippen MR) is 89.1 cm³/mol. The molecule has 112 valence electrons. The minimum absolute atomic E-state index is 0.179. The zero-order chi connectivity index (χ0) is 14.9. The second-order valence-electron chi connectivity index (χ2n) is 5.13. The Kier molecular flexibility index (Phi) is 4.49. The number of hydrogen-bond donors (Lipinski definition) is 0. The van der Waals surface area contributed by atoms with Crippen LogP contribution in [0.2, 0.25) is 0 Å². The highest BCUT2D eigenvalue weighted by molar-refractivity contribution is 9.10. The minimum Gasteiger partial charge on any atom is -0.207 e. The van der Waals surface area contributed by atoms with Crippen molar-refractivity contribution in [3.63, 3.8) is 0 Å². The van der Waals surface area contributed by atoms with Gasteiger partial charge in [0.1, 0.15) is 0 Å². The molecule has 0 N–H and O–H groups in total. The van der Waals surface area contributed by atoms with E-state index in [9.17, 15) is 8.42 Å². The van der Waals surface area contributed by atoms with Crippen LogP contribution in [0, 0.1) is 0 Å². The first-order chi connectivity index (χ1) is 10.1. The Balaban J connectivity index is 1.80. The van der Waals surface area contributed by atoms with Gasteiger partial charge in [0.25, 0.3) is 0 Å². The predicted octanol–water partition coefficient (Wildman–Crippen LogP) is 3.91. The standard InChI is InChI=1S/C15H16BrNO2S2/c16-12-3-7-15(8-4-12)21(18,19)17(13-5-6-13)10-9-14-2-1-11-20-14/h1-4,7-8,11,13H,5-6,9-10H2. The van der Waals surface area contributed by atoms with Crippen LogP contribution in [0.25, 0.3) is 0 Å². The van der Waals surface area contributed by atoms with Gasteiger partial charge in [0.2, 0.25) is 10.0 Å². The summed E-state index contributed by atoms with van der Waals surface area (Å²) < 4.78 is 28.2. The first-order valence-corrected chi connectivity index (χ1v) is 9.98. The van der Waals surface area contributed by atoms with Gasteiger partial charge < -0.3 is 0 Å². The molecule has 1 heterocycles. The van der Waals surface area contributed by atoms with Crippen LogP contribution in [0.3, 0.4) is 0 Å². The van der Waals surface area contributed by atoms with Gasteiger partial charge in [-0.3, -0.25) is 0 Å². The Hall–Kier alpha value is -0.690. The second kappa shape index (κ2) is 6.20. The highest BCUT2D eigenvalue weighted by Gasteiger charge is 2.37. The molecule has 1 aliphatic carbocycles. The molecular weight excluding hydrogens is 370 g/mol. The number of sulfonamides is 1. The molecule has 1 saturated carbocycles. The number of halogens is 1. The topological polar surface area (TPSA) is 37.4 Å². The molecule has 0 bridgehead atoms. The fourth-order valence-corrected chi connectivity index (χ4v) is 4.93. The monoisotopic (exact) mass is 385 g/mol. The average molecular weight is 386 g/mol. The van der Waals surface area contributed by atoms with Gasteiger partial charge in [-0.1, -0.05) is 22.0 Å². The van der Waals surface area contributed by atoms with E-state index in [0.717, 1.165) is 23.7 Å². The SMILES string of the molecule is O=S(=O)(c1ccc(Br)cc1)N(CCc1cccs1)C1CC1. The van der Waals surface area contributed by atoms with Gasteiger partial charge in [0.05, 0.1) is 4.90 Å². The lowest BCUT2D eigenvalue weighted by Crippen LogP contribution is -2.34. The summed E-state index contributed by atoms with van der Waals surface area (Å²) in [6.07, 6.45) is 2.73. The lowest BCUT2D eigenvalue weighted by Gasteiger charge is -2.21. The molecule has 0 radical (unpaired) electrons. The van der Waals surface area contributed by atoms with E-state index in [-0.39, 0.29) is 6.04 Å². The van der Waals surface area contributed by atoms with E-state index in [1.165, 1.54) is 4.88 Å². The Morgan fingerprint density at radius 1 is 1.19 bits per heavy atom. The number of thiophene rings is 1. The van der Waals surface area contributed by atoms with Crippen LogP contribution in [-0.4, -0.2) is 25.3 Å². The van der Waals surface area contributed by atoms with Crippen molar-refractivity contribution in [2.45, 2.75) is 30.2 Å². The van der Waals surface area contributed by atoms with E-state index >= 15 is 0 Å². The average Bonchev–Trinajstić information content (AvgIpc) is 3.14. The summed E-state index contributed by atoms with van der Waals surface area (Å²) in [6.45, 7) is 0.559. The molecule has 0 amide bonds. The summed E-state index contributed by atoms with van der Waals surface area (Å²) in [5.41, 5.74) is 0. The van der Waals surface area contributed by atoms with Gasteiger partial charge in [0, 0.05) is 21.9 Å². The van der Waals surface area contributed by atoms with Crippen molar-refractivity contribution in [1.82, 2.24) is 4.31 Å². The quantitative estimate of drug-likeness (QED) is 0.755. The van der Waals surface area contributed by atoms with Crippen LogP contribution in [0.4, 0.5) is 0 Å². The lowest BCUT2D eigenvalue weighted by molar-refractivity contribution is 0.408. The van der Waals surface area contributed by atoms with Crippen molar-refractivity contribution in [3.05, 3.63) is 51.1 Å². The first-order valence-electron chi connectivity index (χ1n) is 6.87. The molecule has 3 nitrogen and oxygen atoms in total. The molecule has 0 unspecified atom stereocenters. The molecule has 1 fully saturated rings. The molecule has 0 saturated heterocycles. The highest BCUT2D eigenvalue weighted by atomic mass is 79.9. The first kappa shape index (κ1) is 15.2. The summed E-state index contributed by atoms with van der Waals surface area (Å²) in [4.78, 5) is 1.61. The molecule has 1 aromatic carbocycles. The van der Waals surface area contributed by atoms with E-state index in [2.05, 4.69) is 22.0 Å². The van der Waals surface area contributed by atoms with Gasteiger partial charge in [0.15, 0.2) is 0 Å². The van der Waals surface area contributed by atoms with Gasteiger partial charge in [-0.05, 0) is 55.0 Å². The summed E-state index contributed by atoms with van der Waals surface area (Å²) in [7, 11) is -3.39. The largest absolute Gasteiger partial charge is 0.243 e. The molecule has 1 aliphatic rings. The fraction of sp³-hybridized carbons (Fsp3) is 0.333. The van der Waals surface area contributed by atoms with Crippen molar-refractivity contribution in [2.75, 3.05) is 6.54 Å². The molecular formula is C15H16BrNO2S2. The molecule has 0 spiro atoms. The summed E-state index contributed by atoms with van der Waals surface area (Å²) >= 11 is 5.02. The third kappa shape index (κ3) is 3.56. The van der Waals surface area contributed by atoms with Gasteiger partial charge >= 0.3 is 0 Å². The number of nitrogens with zero attached hydrogens (tertiary/aromatic N) is 1. The van der Waals surface area contributed by atoms with Crippen LogP contribution in [0.5, 0.6) is 0 Å². The fourth-order valence-electron chi connectivity index (χ4n) is 2.28. The number of rotatable bonds is 6.